The third-order valence-electron chi connectivity index (χ3n) is 3.23. The van der Waals surface area contributed by atoms with Gasteiger partial charge in [-0.3, -0.25) is 10.1 Å². The number of anilines is 2. The second kappa shape index (κ2) is 8.59. The number of halogens is 3. The van der Waals surface area contributed by atoms with Gasteiger partial charge in [-0.15, -0.1) is 0 Å². The molecule has 2 rings (SSSR count). The van der Waals surface area contributed by atoms with Crippen LogP contribution in [0.4, 0.5) is 20.6 Å². The number of carbonyl (C=O) groups excluding carboxylic acids is 2. The van der Waals surface area contributed by atoms with Crippen molar-refractivity contribution in [1.82, 2.24) is 0 Å². The molecular formula is C19H19Cl2FN2O3. The average molecular weight is 413 g/mol. The minimum Gasteiger partial charge on any atom is -0.444 e. The Labute approximate surface area is 166 Å². The van der Waals surface area contributed by atoms with Gasteiger partial charge in [-0.1, -0.05) is 29.3 Å². The summed E-state index contributed by atoms with van der Waals surface area (Å²) in [5, 5.41) is 5.72. The molecule has 0 spiro atoms. The van der Waals surface area contributed by atoms with Gasteiger partial charge in [0.05, 0.1) is 22.2 Å². The molecule has 2 amide bonds. The van der Waals surface area contributed by atoms with Crippen molar-refractivity contribution in [2.24, 2.45) is 0 Å². The standard InChI is InChI=1S/C19H19Cl2FN2O3/c1-19(2,3)27-18(26)24-16-10-12(5-7-15(16)22)23-17(25)9-11-4-6-13(20)14(21)8-11/h4-8,10H,9H2,1-3H3,(H,23,25)(H,24,26). The average Bonchev–Trinajstić information content (AvgIpc) is 2.52. The highest BCUT2D eigenvalue weighted by Gasteiger charge is 2.18. The van der Waals surface area contributed by atoms with Crippen molar-refractivity contribution in [1.29, 1.82) is 0 Å². The van der Waals surface area contributed by atoms with Crippen molar-refractivity contribution in [3.8, 4) is 0 Å². The van der Waals surface area contributed by atoms with Crippen molar-refractivity contribution < 1.29 is 18.7 Å². The molecule has 2 aromatic carbocycles. The molecule has 0 unspecified atom stereocenters. The van der Waals surface area contributed by atoms with Gasteiger partial charge in [-0.2, -0.15) is 0 Å². The Hall–Kier alpha value is -2.31. The Balaban J connectivity index is 2.05. The van der Waals surface area contributed by atoms with Crippen molar-refractivity contribution >= 4 is 46.6 Å². The van der Waals surface area contributed by atoms with Crippen molar-refractivity contribution in [3.05, 3.63) is 57.8 Å². The number of ether oxygens (including phenoxy) is 1. The molecule has 0 saturated carbocycles. The van der Waals surface area contributed by atoms with Crippen LogP contribution in [-0.4, -0.2) is 17.6 Å². The number of rotatable bonds is 4. The van der Waals surface area contributed by atoms with Gasteiger partial charge in [0.1, 0.15) is 11.4 Å². The maximum absolute atomic E-state index is 13.9. The highest BCUT2D eigenvalue weighted by molar-refractivity contribution is 6.42. The van der Waals surface area contributed by atoms with Crippen LogP contribution in [0.25, 0.3) is 0 Å². The summed E-state index contributed by atoms with van der Waals surface area (Å²) in [7, 11) is 0. The minimum atomic E-state index is -0.791. The van der Waals surface area contributed by atoms with Gasteiger partial charge in [0.2, 0.25) is 5.91 Å². The maximum Gasteiger partial charge on any atom is 0.412 e. The van der Waals surface area contributed by atoms with E-state index < -0.39 is 17.5 Å². The van der Waals surface area contributed by atoms with Gasteiger partial charge in [0.25, 0.3) is 0 Å². The molecule has 0 saturated heterocycles. The van der Waals surface area contributed by atoms with Gasteiger partial charge >= 0.3 is 6.09 Å². The van der Waals surface area contributed by atoms with Crippen LogP contribution in [0.3, 0.4) is 0 Å². The summed E-state index contributed by atoms with van der Waals surface area (Å²) in [6.07, 6.45) is -0.732. The molecule has 0 aliphatic carbocycles. The molecule has 0 aliphatic heterocycles. The summed E-state index contributed by atoms with van der Waals surface area (Å²) >= 11 is 11.8. The summed E-state index contributed by atoms with van der Waals surface area (Å²) in [5.74, 6) is -0.980. The van der Waals surface area contributed by atoms with E-state index in [2.05, 4.69) is 10.6 Å². The Kier molecular flexibility index (Phi) is 6.68. The molecule has 8 heteroatoms. The highest BCUT2D eigenvalue weighted by atomic mass is 35.5. The first-order valence-corrected chi connectivity index (χ1v) is 8.82. The zero-order valence-electron chi connectivity index (χ0n) is 15.0. The second-order valence-electron chi connectivity index (χ2n) is 6.79. The number of nitrogens with one attached hydrogen (secondary N) is 2. The maximum atomic E-state index is 13.9. The number of benzene rings is 2. The van der Waals surface area contributed by atoms with Crippen LogP contribution >= 0.6 is 23.2 Å². The molecular weight excluding hydrogens is 394 g/mol. The zero-order valence-corrected chi connectivity index (χ0v) is 16.5. The molecule has 2 N–H and O–H groups in total. The zero-order chi connectivity index (χ0) is 20.2. The van der Waals surface area contributed by atoms with Gasteiger partial charge in [0, 0.05) is 5.69 Å². The molecule has 0 atom stereocenters. The second-order valence-corrected chi connectivity index (χ2v) is 7.61. The first-order chi connectivity index (χ1) is 12.5. The van der Waals surface area contributed by atoms with E-state index in [1.165, 1.54) is 12.1 Å². The number of carbonyl (C=O) groups is 2. The fourth-order valence-corrected chi connectivity index (χ4v) is 2.47. The van der Waals surface area contributed by atoms with Crippen LogP contribution in [0.15, 0.2) is 36.4 Å². The molecule has 144 valence electrons. The van der Waals surface area contributed by atoms with Gasteiger partial charge in [-0.25, -0.2) is 9.18 Å². The predicted molar refractivity (Wildman–Crippen MR) is 105 cm³/mol. The normalized spacial score (nSPS) is 11.0. The monoisotopic (exact) mass is 412 g/mol. The van der Waals surface area contributed by atoms with Crippen LogP contribution < -0.4 is 10.6 Å². The van der Waals surface area contributed by atoms with Gasteiger partial charge < -0.3 is 10.1 Å². The lowest BCUT2D eigenvalue weighted by atomic mass is 10.1. The number of amides is 2. The fraction of sp³-hybridized carbons (Fsp3) is 0.263. The third-order valence-corrected chi connectivity index (χ3v) is 3.97. The van der Waals surface area contributed by atoms with Crippen molar-refractivity contribution in [2.45, 2.75) is 32.8 Å². The van der Waals surface area contributed by atoms with E-state index in [4.69, 9.17) is 27.9 Å². The lowest BCUT2D eigenvalue weighted by Crippen LogP contribution is -2.27. The van der Waals surface area contributed by atoms with E-state index in [-0.39, 0.29) is 18.0 Å². The largest absolute Gasteiger partial charge is 0.444 e. The Morgan fingerprint density at radius 1 is 1.04 bits per heavy atom. The molecule has 0 radical (unpaired) electrons. The van der Waals surface area contributed by atoms with Crippen molar-refractivity contribution in [2.75, 3.05) is 10.6 Å². The van der Waals surface area contributed by atoms with Crippen LogP contribution in [0, 0.1) is 5.82 Å². The van der Waals surface area contributed by atoms with E-state index >= 15 is 0 Å². The molecule has 0 fully saturated rings. The molecule has 0 aromatic heterocycles. The molecule has 2 aromatic rings. The lowest BCUT2D eigenvalue weighted by Gasteiger charge is -2.20. The van der Waals surface area contributed by atoms with E-state index in [1.54, 1.807) is 39.0 Å². The summed E-state index contributed by atoms with van der Waals surface area (Å²) in [6, 6.07) is 8.74. The summed E-state index contributed by atoms with van der Waals surface area (Å²) in [4.78, 5) is 24.0. The topological polar surface area (TPSA) is 67.4 Å². The molecule has 0 heterocycles. The molecule has 27 heavy (non-hydrogen) atoms. The Bertz CT molecular complexity index is 867. The predicted octanol–water partition coefficient (Wildman–Crippen LogP) is 5.66. The first kappa shape index (κ1) is 21.0. The first-order valence-electron chi connectivity index (χ1n) is 8.07. The smallest absolute Gasteiger partial charge is 0.412 e. The molecule has 0 bridgehead atoms. The van der Waals surface area contributed by atoms with Crippen LogP contribution in [0.5, 0.6) is 0 Å². The SMILES string of the molecule is CC(C)(C)OC(=O)Nc1cc(NC(=O)Cc2ccc(Cl)c(Cl)c2)ccc1F. The van der Waals surface area contributed by atoms with E-state index in [1.807, 2.05) is 0 Å². The molecule has 5 nitrogen and oxygen atoms in total. The number of hydrogen-bond donors (Lipinski definition) is 2. The van der Waals surface area contributed by atoms with Crippen LogP contribution in [0.2, 0.25) is 10.0 Å². The van der Waals surface area contributed by atoms with E-state index in [0.717, 1.165) is 6.07 Å². The third kappa shape index (κ3) is 6.73. The van der Waals surface area contributed by atoms with E-state index in [0.29, 0.717) is 21.3 Å². The summed E-state index contributed by atoms with van der Waals surface area (Å²) in [5.41, 5.74) is 0.187. The van der Waals surface area contributed by atoms with Crippen molar-refractivity contribution in [3.63, 3.8) is 0 Å². The van der Waals surface area contributed by atoms with Crippen LogP contribution in [0.1, 0.15) is 26.3 Å². The highest BCUT2D eigenvalue weighted by Crippen LogP contribution is 2.24. The Morgan fingerprint density at radius 2 is 1.74 bits per heavy atom. The molecule has 0 aliphatic rings. The van der Waals surface area contributed by atoms with Gasteiger partial charge in [0.15, 0.2) is 0 Å². The Morgan fingerprint density at radius 3 is 2.37 bits per heavy atom. The fourth-order valence-electron chi connectivity index (χ4n) is 2.15. The quantitative estimate of drug-likeness (QED) is 0.680. The van der Waals surface area contributed by atoms with E-state index in [9.17, 15) is 14.0 Å². The summed E-state index contributed by atoms with van der Waals surface area (Å²) < 4.78 is 19.0. The summed E-state index contributed by atoms with van der Waals surface area (Å²) in [6.45, 7) is 5.09. The minimum absolute atomic E-state index is 0.0586. The number of hydrogen-bond acceptors (Lipinski definition) is 3. The lowest BCUT2D eigenvalue weighted by molar-refractivity contribution is -0.115. The van der Waals surface area contributed by atoms with Gasteiger partial charge in [-0.05, 0) is 56.7 Å². The van der Waals surface area contributed by atoms with Crippen LogP contribution in [-0.2, 0) is 16.0 Å².